The van der Waals surface area contributed by atoms with Gasteiger partial charge in [-0.3, -0.25) is 0 Å². The van der Waals surface area contributed by atoms with Gasteiger partial charge in [-0.2, -0.15) is 0 Å². The molecule has 90 valence electrons. The number of ether oxygens (including phenoxy) is 2. The van der Waals surface area contributed by atoms with E-state index < -0.39 is 0 Å². The Morgan fingerprint density at radius 1 is 1.12 bits per heavy atom. The summed E-state index contributed by atoms with van der Waals surface area (Å²) in [4.78, 5) is 0. The largest absolute Gasteiger partial charge is 0.355 e. The van der Waals surface area contributed by atoms with Gasteiger partial charge in [-0.05, 0) is 12.0 Å². The van der Waals surface area contributed by atoms with Gasteiger partial charge >= 0.3 is 0 Å². The smallest absolute Gasteiger partial charge is 0.169 e. The average Bonchev–Trinajstić information content (AvgIpc) is 2.36. The normalized spacial score (nSPS) is 13.0. The van der Waals surface area contributed by atoms with Crippen LogP contribution in [0.3, 0.4) is 0 Å². The Morgan fingerprint density at radius 2 is 1.75 bits per heavy atom. The van der Waals surface area contributed by atoms with Crippen LogP contribution in [0.2, 0.25) is 0 Å². The third-order valence-electron chi connectivity index (χ3n) is 2.67. The highest BCUT2D eigenvalue weighted by atomic mass is 16.7. The summed E-state index contributed by atoms with van der Waals surface area (Å²) in [6.07, 6.45) is 0.863. The molecule has 3 nitrogen and oxygen atoms in total. The average molecular weight is 223 g/mol. The van der Waals surface area contributed by atoms with Gasteiger partial charge in [0.15, 0.2) is 6.29 Å². The first-order valence-electron chi connectivity index (χ1n) is 5.65. The molecule has 0 unspecified atom stereocenters. The van der Waals surface area contributed by atoms with Crippen LogP contribution < -0.4 is 5.32 Å². The lowest BCUT2D eigenvalue weighted by molar-refractivity contribution is -0.0999. The minimum absolute atomic E-state index is 0.183. The van der Waals surface area contributed by atoms with Gasteiger partial charge in [0, 0.05) is 26.8 Å². The van der Waals surface area contributed by atoms with Crippen LogP contribution >= 0.6 is 0 Å². The van der Waals surface area contributed by atoms with Crippen LogP contribution in [0.5, 0.6) is 0 Å². The molecule has 1 aromatic carbocycles. The van der Waals surface area contributed by atoms with Gasteiger partial charge < -0.3 is 14.8 Å². The summed E-state index contributed by atoms with van der Waals surface area (Å²) in [5.41, 5.74) is 1.30. The minimum Gasteiger partial charge on any atom is -0.355 e. The predicted octanol–water partition coefficient (Wildman–Crippen LogP) is 2.35. The second-order valence-corrected chi connectivity index (χ2v) is 3.68. The number of hydrogen-bond donors (Lipinski definition) is 1. The van der Waals surface area contributed by atoms with Crippen molar-refractivity contribution in [3.05, 3.63) is 35.9 Å². The lowest BCUT2D eigenvalue weighted by Crippen LogP contribution is -2.32. The van der Waals surface area contributed by atoms with E-state index >= 15 is 0 Å². The second-order valence-electron chi connectivity index (χ2n) is 3.68. The standard InChI is InChI=1S/C13H21NO2/c1-4-12(11-8-6-5-7-9-11)14-10-13(15-2)16-3/h5-9,12-14H,4,10H2,1-3H3/t12-/m0/s1. The zero-order valence-corrected chi connectivity index (χ0v) is 10.3. The van der Waals surface area contributed by atoms with E-state index in [1.807, 2.05) is 6.07 Å². The highest BCUT2D eigenvalue weighted by Gasteiger charge is 2.11. The number of hydrogen-bond acceptors (Lipinski definition) is 3. The predicted molar refractivity (Wildman–Crippen MR) is 65.3 cm³/mol. The topological polar surface area (TPSA) is 30.5 Å². The molecule has 3 heteroatoms. The van der Waals surface area contributed by atoms with Gasteiger partial charge in [0.2, 0.25) is 0 Å². The van der Waals surface area contributed by atoms with Crippen LogP contribution in [0.15, 0.2) is 30.3 Å². The Balaban J connectivity index is 2.50. The van der Waals surface area contributed by atoms with Crippen molar-refractivity contribution < 1.29 is 9.47 Å². The van der Waals surface area contributed by atoms with Crippen molar-refractivity contribution in [3.8, 4) is 0 Å². The van der Waals surface area contributed by atoms with Crippen molar-refractivity contribution in [1.29, 1.82) is 0 Å². The summed E-state index contributed by atoms with van der Waals surface area (Å²) in [5, 5.41) is 3.44. The van der Waals surface area contributed by atoms with Gasteiger partial charge in [0.1, 0.15) is 0 Å². The molecule has 0 aliphatic heterocycles. The van der Waals surface area contributed by atoms with Gasteiger partial charge in [0.05, 0.1) is 0 Å². The number of nitrogens with one attached hydrogen (secondary N) is 1. The first-order chi connectivity index (χ1) is 7.81. The van der Waals surface area contributed by atoms with Gasteiger partial charge in [-0.1, -0.05) is 37.3 Å². The molecule has 16 heavy (non-hydrogen) atoms. The van der Waals surface area contributed by atoms with Crippen LogP contribution in [-0.4, -0.2) is 27.1 Å². The molecular weight excluding hydrogens is 202 g/mol. The zero-order chi connectivity index (χ0) is 11.8. The van der Waals surface area contributed by atoms with Crippen molar-refractivity contribution in [3.63, 3.8) is 0 Å². The maximum atomic E-state index is 5.15. The summed E-state index contributed by atoms with van der Waals surface area (Å²) >= 11 is 0. The summed E-state index contributed by atoms with van der Waals surface area (Å²) in [5.74, 6) is 0. The molecule has 1 aromatic rings. The SMILES string of the molecule is CC[C@H](NCC(OC)OC)c1ccccc1. The molecule has 0 bridgehead atoms. The Kier molecular flexibility index (Phi) is 6.08. The molecule has 0 aliphatic rings. The second kappa shape index (κ2) is 7.39. The Bertz CT molecular complexity index is 273. The van der Waals surface area contributed by atoms with Crippen LogP contribution in [0, 0.1) is 0 Å². The van der Waals surface area contributed by atoms with Crippen LogP contribution in [0.4, 0.5) is 0 Å². The quantitative estimate of drug-likeness (QED) is 0.720. The van der Waals surface area contributed by atoms with E-state index in [9.17, 15) is 0 Å². The molecular formula is C13H21NO2. The van der Waals surface area contributed by atoms with Crippen LogP contribution in [-0.2, 0) is 9.47 Å². The fraction of sp³-hybridized carbons (Fsp3) is 0.538. The summed E-state index contributed by atoms with van der Waals surface area (Å²) in [6.45, 7) is 2.86. The van der Waals surface area contributed by atoms with Gasteiger partial charge in [-0.25, -0.2) is 0 Å². The Hall–Kier alpha value is -0.900. The van der Waals surface area contributed by atoms with E-state index in [1.54, 1.807) is 14.2 Å². The lowest BCUT2D eigenvalue weighted by Gasteiger charge is -2.20. The van der Waals surface area contributed by atoms with E-state index in [0.29, 0.717) is 12.6 Å². The number of benzene rings is 1. The molecule has 1 N–H and O–H groups in total. The van der Waals surface area contributed by atoms with Gasteiger partial charge in [0.25, 0.3) is 0 Å². The third-order valence-corrected chi connectivity index (χ3v) is 2.67. The maximum absolute atomic E-state index is 5.15. The highest BCUT2D eigenvalue weighted by molar-refractivity contribution is 5.18. The molecule has 0 heterocycles. The van der Waals surface area contributed by atoms with E-state index in [4.69, 9.17) is 9.47 Å². The molecule has 0 aromatic heterocycles. The summed E-state index contributed by atoms with van der Waals surface area (Å²) in [7, 11) is 3.30. The fourth-order valence-electron chi connectivity index (χ4n) is 1.68. The minimum atomic E-state index is -0.183. The summed E-state index contributed by atoms with van der Waals surface area (Å²) < 4.78 is 10.3. The van der Waals surface area contributed by atoms with E-state index in [-0.39, 0.29) is 6.29 Å². The number of methoxy groups -OCH3 is 2. The maximum Gasteiger partial charge on any atom is 0.169 e. The number of rotatable bonds is 7. The summed E-state index contributed by atoms with van der Waals surface area (Å²) in [6, 6.07) is 10.8. The monoisotopic (exact) mass is 223 g/mol. The highest BCUT2D eigenvalue weighted by Crippen LogP contribution is 2.15. The third kappa shape index (κ3) is 3.93. The van der Waals surface area contributed by atoms with Crippen molar-refractivity contribution in [2.45, 2.75) is 25.7 Å². The van der Waals surface area contributed by atoms with Crippen LogP contribution in [0.1, 0.15) is 24.9 Å². The molecule has 0 amide bonds. The van der Waals surface area contributed by atoms with E-state index in [0.717, 1.165) is 6.42 Å². The van der Waals surface area contributed by atoms with E-state index in [1.165, 1.54) is 5.56 Å². The molecule has 1 atom stereocenters. The fourth-order valence-corrected chi connectivity index (χ4v) is 1.68. The van der Waals surface area contributed by atoms with Crippen molar-refractivity contribution in [2.75, 3.05) is 20.8 Å². The molecule has 1 rings (SSSR count). The molecule has 0 aliphatic carbocycles. The molecule has 0 saturated carbocycles. The Labute approximate surface area is 97.8 Å². The molecule has 0 spiro atoms. The molecule has 0 fully saturated rings. The van der Waals surface area contributed by atoms with Gasteiger partial charge in [-0.15, -0.1) is 0 Å². The molecule has 0 radical (unpaired) electrons. The Morgan fingerprint density at radius 3 is 2.25 bits per heavy atom. The molecule has 0 saturated heterocycles. The van der Waals surface area contributed by atoms with E-state index in [2.05, 4.69) is 36.5 Å². The zero-order valence-electron chi connectivity index (χ0n) is 10.3. The van der Waals surface area contributed by atoms with Crippen molar-refractivity contribution in [2.24, 2.45) is 0 Å². The van der Waals surface area contributed by atoms with Crippen molar-refractivity contribution >= 4 is 0 Å². The lowest BCUT2D eigenvalue weighted by atomic mass is 10.0. The first-order valence-corrected chi connectivity index (χ1v) is 5.65. The van der Waals surface area contributed by atoms with Crippen molar-refractivity contribution in [1.82, 2.24) is 5.32 Å². The first kappa shape index (κ1) is 13.2. The van der Waals surface area contributed by atoms with Crippen LogP contribution in [0.25, 0.3) is 0 Å².